The first-order chi connectivity index (χ1) is 8.09. The fourth-order valence-corrected chi connectivity index (χ4v) is 3.61. The Morgan fingerprint density at radius 2 is 2.47 bits per heavy atom. The van der Waals surface area contributed by atoms with Gasteiger partial charge in [-0.05, 0) is 18.6 Å². The molecule has 4 nitrogen and oxygen atoms in total. The second kappa shape index (κ2) is 5.10. The van der Waals surface area contributed by atoms with Crippen LogP contribution in [0.5, 0.6) is 0 Å². The Morgan fingerprint density at radius 3 is 3.00 bits per heavy atom. The molecular weight excluding hydrogens is 302 g/mol. The second-order valence-corrected chi connectivity index (χ2v) is 6.24. The van der Waals surface area contributed by atoms with Gasteiger partial charge in [0.05, 0.1) is 4.91 Å². The van der Waals surface area contributed by atoms with Gasteiger partial charge in [-0.15, -0.1) is 0 Å². The number of carbonyl (C=O) groups excluding carboxylic acids is 1. The van der Waals surface area contributed by atoms with E-state index in [0.29, 0.717) is 11.4 Å². The van der Waals surface area contributed by atoms with E-state index in [1.165, 1.54) is 11.8 Å². The Bertz CT molecular complexity index is 463. The lowest BCUT2D eigenvalue weighted by Crippen LogP contribution is -2.22. The summed E-state index contributed by atoms with van der Waals surface area (Å²) in [5.41, 5.74) is 7.34. The number of allylic oxidation sites excluding steroid dienone is 1. The van der Waals surface area contributed by atoms with Crippen LogP contribution >= 0.6 is 27.7 Å². The van der Waals surface area contributed by atoms with Crippen LogP contribution in [-0.4, -0.2) is 20.1 Å². The van der Waals surface area contributed by atoms with Crippen molar-refractivity contribution in [2.24, 2.45) is 5.73 Å². The molecule has 90 valence electrons. The van der Waals surface area contributed by atoms with Gasteiger partial charge in [0.2, 0.25) is 0 Å². The minimum Gasteiger partial charge on any atom is -0.365 e. The number of hydrogen-bond donors (Lipinski definition) is 1. The van der Waals surface area contributed by atoms with Crippen LogP contribution in [0.25, 0.3) is 0 Å². The lowest BCUT2D eigenvalue weighted by Gasteiger charge is -2.23. The Kier molecular flexibility index (Phi) is 3.73. The summed E-state index contributed by atoms with van der Waals surface area (Å²) in [6, 6.07) is 3.91. The molecule has 1 atom stereocenters. The fourth-order valence-electron chi connectivity index (χ4n) is 1.64. The summed E-state index contributed by atoms with van der Waals surface area (Å²) in [5, 5.41) is 0. The number of primary amides is 1. The van der Waals surface area contributed by atoms with Crippen molar-refractivity contribution in [2.45, 2.75) is 17.8 Å². The molecule has 0 spiro atoms. The molecular formula is C11H12BrN3OS. The summed E-state index contributed by atoms with van der Waals surface area (Å²) < 4.78 is 0.0465. The summed E-state index contributed by atoms with van der Waals surface area (Å²) in [6.45, 7) is 2.62. The summed E-state index contributed by atoms with van der Waals surface area (Å²) in [6.07, 6.45) is 3.56. The van der Waals surface area contributed by atoms with Gasteiger partial charge >= 0.3 is 0 Å². The summed E-state index contributed by atoms with van der Waals surface area (Å²) in [4.78, 5) is 18.0. The van der Waals surface area contributed by atoms with E-state index in [2.05, 4.69) is 25.8 Å². The first-order valence-corrected chi connectivity index (χ1v) is 6.86. The number of nitrogens with two attached hydrogens (primary N) is 1. The van der Waals surface area contributed by atoms with E-state index in [0.717, 1.165) is 11.3 Å². The molecule has 2 N–H and O–H groups in total. The second-order valence-electron chi connectivity index (χ2n) is 3.68. The molecule has 1 aromatic rings. The number of thioether (sulfide) groups is 1. The van der Waals surface area contributed by atoms with E-state index in [9.17, 15) is 4.79 Å². The number of amides is 1. The SMILES string of the molecule is CC1=C(C(N)=O)SC(Br)N1Cc1cccnc1. The molecule has 0 radical (unpaired) electrons. The van der Waals surface area contributed by atoms with E-state index < -0.39 is 0 Å². The quantitative estimate of drug-likeness (QED) is 0.685. The smallest absolute Gasteiger partial charge is 0.256 e. The molecule has 0 bridgehead atoms. The molecule has 1 aromatic heterocycles. The van der Waals surface area contributed by atoms with Gasteiger partial charge in [0, 0.05) is 24.6 Å². The lowest BCUT2D eigenvalue weighted by atomic mass is 10.2. The standard InChI is InChI=1S/C11H12BrN3OS/c1-7-9(10(13)16)17-11(12)15(7)6-8-3-2-4-14-5-8/h2-5,11H,6H2,1H3,(H2,13,16). The molecule has 1 unspecified atom stereocenters. The normalized spacial score (nSPS) is 19.9. The maximum atomic E-state index is 11.2. The van der Waals surface area contributed by atoms with Crippen LogP contribution in [0.15, 0.2) is 35.1 Å². The zero-order chi connectivity index (χ0) is 12.4. The molecule has 1 aliphatic rings. The van der Waals surface area contributed by atoms with Crippen molar-refractivity contribution in [2.75, 3.05) is 0 Å². The Balaban J connectivity index is 2.19. The van der Waals surface area contributed by atoms with Crippen molar-refractivity contribution in [3.8, 4) is 0 Å². The average Bonchev–Trinajstić information content (AvgIpc) is 2.58. The number of halogens is 1. The highest BCUT2D eigenvalue weighted by atomic mass is 79.9. The summed E-state index contributed by atoms with van der Waals surface area (Å²) in [5.74, 6) is -0.370. The number of carbonyl (C=O) groups is 1. The first kappa shape index (κ1) is 12.4. The van der Waals surface area contributed by atoms with Crippen molar-refractivity contribution in [3.63, 3.8) is 0 Å². The van der Waals surface area contributed by atoms with Crippen molar-refractivity contribution >= 4 is 33.6 Å². The van der Waals surface area contributed by atoms with E-state index in [-0.39, 0.29) is 10.2 Å². The summed E-state index contributed by atoms with van der Waals surface area (Å²) in [7, 11) is 0. The van der Waals surface area contributed by atoms with Crippen LogP contribution in [0.4, 0.5) is 0 Å². The topological polar surface area (TPSA) is 59.2 Å². The third-order valence-corrected chi connectivity index (χ3v) is 4.76. The predicted molar refractivity (Wildman–Crippen MR) is 72.0 cm³/mol. The van der Waals surface area contributed by atoms with Crippen LogP contribution in [0.3, 0.4) is 0 Å². The first-order valence-electron chi connectivity index (χ1n) is 5.06. The zero-order valence-electron chi connectivity index (χ0n) is 9.26. The van der Waals surface area contributed by atoms with Gasteiger partial charge in [0.1, 0.15) is 4.28 Å². The Morgan fingerprint density at radius 1 is 1.71 bits per heavy atom. The van der Waals surface area contributed by atoms with Gasteiger partial charge in [0.25, 0.3) is 5.91 Å². The molecule has 1 amide bonds. The van der Waals surface area contributed by atoms with Crippen molar-refractivity contribution < 1.29 is 4.79 Å². The lowest BCUT2D eigenvalue weighted by molar-refractivity contribution is -0.114. The molecule has 17 heavy (non-hydrogen) atoms. The molecule has 6 heteroatoms. The van der Waals surface area contributed by atoms with Crippen LogP contribution in [0.2, 0.25) is 0 Å². The van der Waals surface area contributed by atoms with Crippen LogP contribution in [0.1, 0.15) is 12.5 Å². The zero-order valence-corrected chi connectivity index (χ0v) is 11.7. The predicted octanol–water partition coefficient (Wildman–Crippen LogP) is 2.03. The number of pyridine rings is 1. The molecule has 0 saturated carbocycles. The minimum absolute atomic E-state index is 0.0465. The monoisotopic (exact) mass is 313 g/mol. The van der Waals surface area contributed by atoms with Gasteiger partial charge < -0.3 is 10.6 Å². The van der Waals surface area contributed by atoms with Crippen LogP contribution < -0.4 is 5.73 Å². The molecule has 0 aliphatic carbocycles. The third-order valence-electron chi connectivity index (χ3n) is 2.52. The maximum Gasteiger partial charge on any atom is 0.256 e. The number of aromatic nitrogens is 1. The highest BCUT2D eigenvalue weighted by Crippen LogP contribution is 2.41. The highest BCUT2D eigenvalue weighted by molar-refractivity contribution is 9.11. The van der Waals surface area contributed by atoms with Crippen molar-refractivity contribution in [1.29, 1.82) is 0 Å². The number of nitrogens with zero attached hydrogens (tertiary/aromatic N) is 2. The average molecular weight is 314 g/mol. The molecule has 0 aromatic carbocycles. The maximum absolute atomic E-state index is 11.2. The number of rotatable bonds is 3. The Hall–Kier alpha value is -1.01. The largest absolute Gasteiger partial charge is 0.365 e. The van der Waals surface area contributed by atoms with Crippen molar-refractivity contribution in [3.05, 3.63) is 40.7 Å². The number of hydrogen-bond acceptors (Lipinski definition) is 4. The van der Waals surface area contributed by atoms with Gasteiger partial charge in [-0.2, -0.15) is 0 Å². The van der Waals surface area contributed by atoms with E-state index in [4.69, 9.17) is 5.73 Å². The van der Waals surface area contributed by atoms with Gasteiger partial charge in [-0.25, -0.2) is 0 Å². The van der Waals surface area contributed by atoms with Gasteiger partial charge in [-0.1, -0.05) is 33.8 Å². The third kappa shape index (κ3) is 2.63. The molecule has 0 saturated heterocycles. The van der Waals surface area contributed by atoms with Crippen LogP contribution in [0, 0.1) is 0 Å². The van der Waals surface area contributed by atoms with E-state index in [1.54, 1.807) is 6.20 Å². The molecule has 2 heterocycles. The van der Waals surface area contributed by atoms with Gasteiger partial charge in [-0.3, -0.25) is 9.78 Å². The number of alkyl halides is 1. The van der Waals surface area contributed by atoms with E-state index >= 15 is 0 Å². The summed E-state index contributed by atoms with van der Waals surface area (Å²) >= 11 is 4.97. The molecule has 0 fully saturated rings. The Labute approximate surface area is 112 Å². The molecule has 1 aliphatic heterocycles. The van der Waals surface area contributed by atoms with E-state index in [1.807, 2.05) is 25.3 Å². The highest BCUT2D eigenvalue weighted by Gasteiger charge is 2.30. The van der Waals surface area contributed by atoms with Crippen molar-refractivity contribution in [1.82, 2.24) is 9.88 Å². The van der Waals surface area contributed by atoms with Crippen LogP contribution in [-0.2, 0) is 11.3 Å². The minimum atomic E-state index is -0.370. The van der Waals surface area contributed by atoms with Gasteiger partial charge in [0.15, 0.2) is 0 Å². The fraction of sp³-hybridized carbons (Fsp3) is 0.273. The molecule has 2 rings (SSSR count).